The molecule has 0 radical (unpaired) electrons. The Kier molecular flexibility index (Phi) is 3.61. The van der Waals surface area contributed by atoms with E-state index in [1.165, 1.54) is 12.8 Å². The van der Waals surface area contributed by atoms with Crippen molar-refractivity contribution in [1.82, 2.24) is 15.5 Å². The molecule has 0 bridgehead atoms. The molecule has 0 aromatic carbocycles. The summed E-state index contributed by atoms with van der Waals surface area (Å²) in [5, 5.41) is 7.52. The van der Waals surface area contributed by atoms with E-state index in [4.69, 9.17) is 10.3 Å². The Morgan fingerprint density at radius 1 is 1.17 bits per heavy atom. The van der Waals surface area contributed by atoms with Crippen LogP contribution in [0.15, 0.2) is 4.52 Å². The van der Waals surface area contributed by atoms with Crippen LogP contribution in [-0.2, 0) is 0 Å². The van der Waals surface area contributed by atoms with Gasteiger partial charge in [0.25, 0.3) is 0 Å². The number of aromatic nitrogens is 2. The molecule has 3 rings (SSSR count). The Labute approximate surface area is 108 Å². The summed E-state index contributed by atoms with van der Waals surface area (Å²) in [7, 11) is 0. The van der Waals surface area contributed by atoms with Gasteiger partial charge < -0.3 is 15.6 Å². The summed E-state index contributed by atoms with van der Waals surface area (Å²) >= 11 is 0. The third-order valence-corrected chi connectivity index (χ3v) is 4.41. The van der Waals surface area contributed by atoms with E-state index in [1.807, 2.05) is 0 Å². The maximum atomic E-state index is 5.72. The van der Waals surface area contributed by atoms with Gasteiger partial charge in [-0.2, -0.15) is 4.98 Å². The van der Waals surface area contributed by atoms with Crippen molar-refractivity contribution in [2.75, 3.05) is 19.6 Å². The van der Waals surface area contributed by atoms with E-state index in [-0.39, 0.29) is 0 Å². The normalized spacial score (nSPS) is 32.8. The third-order valence-electron chi connectivity index (χ3n) is 4.41. The molecule has 1 saturated heterocycles. The van der Waals surface area contributed by atoms with Gasteiger partial charge in [0, 0.05) is 12.5 Å². The zero-order valence-corrected chi connectivity index (χ0v) is 10.8. The van der Waals surface area contributed by atoms with E-state index in [0.717, 1.165) is 50.6 Å². The lowest BCUT2D eigenvalue weighted by atomic mass is 9.82. The third kappa shape index (κ3) is 2.42. The second-order valence-electron chi connectivity index (χ2n) is 5.63. The lowest BCUT2D eigenvalue weighted by Crippen LogP contribution is -2.21. The largest absolute Gasteiger partial charge is 0.339 e. The Hall–Kier alpha value is -0.940. The molecule has 18 heavy (non-hydrogen) atoms. The van der Waals surface area contributed by atoms with Crippen LogP contribution in [0.5, 0.6) is 0 Å². The van der Waals surface area contributed by atoms with Gasteiger partial charge in [-0.15, -0.1) is 0 Å². The fourth-order valence-electron chi connectivity index (χ4n) is 3.10. The number of hydrogen-bond acceptors (Lipinski definition) is 5. The van der Waals surface area contributed by atoms with E-state index < -0.39 is 0 Å². The van der Waals surface area contributed by atoms with E-state index in [9.17, 15) is 0 Å². The van der Waals surface area contributed by atoms with Crippen LogP contribution in [0.2, 0.25) is 0 Å². The number of rotatable bonds is 3. The minimum atomic E-state index is 0.423. The molecule has 1 aliphatic carbocycles. The van der Waals surface area contributed by atoms with Gasteiger partial charge in [-0.3, -0.25) is 0 Å². The van der Waals surface area contributed by atoms with Gasteiger partial charge in [-0.1, -0.05) is 5.16 Å². The van der Waals surface area contributed by atoms with Crippen LogP contribution in [-0.4, -0.2) is 29.8 Å². The summed E-state index contributed by atoms with van der Waals surface area (Å²) in [6, 6.07) is 0. The number of nitrogens with zero attached hydrogens (tertiary/aromatic N) is 2. The van der Waals surface area contributed by atoms with Crippen molar-refractivity contribution in [3.63, 3.8) is 0 Å². The van der Waals surface area contributed by atoms with Gasteiger partial charge in [0.15, 0.2) is 5.82 Å². The highest BCUT2D eigenvalue weighted by Crippen LogP contribution is 2.34. The van der Waals surface area contributed by atoms with Crippen molar-refractivity contribution < 1.29 is 4.52 Å². The number of hydrogen-bond donors (Lipinski definition) is 2. The van der Waals surface area contributed by atoms with Crippen LogP contribution in [0.1, 0.15) is 55.7 Å². The molecule has 2 aliphatic rings. The van der Waals surface area contributed by atoms with Gasteiger partial charge >= 0.3 is 0 Å². The van der Waals surface area contributed by atoms with Crippen molar-refractivity contribution in [3.8, 4) is 0 Å². The minimum Gasteiger partial charge on any atom is -0.339 e. The molecule has 3 N–H and O–H groups in total. The lowest BCUT2D eigenvalue weighted by molar-refractivity contribution is 0.311. The first-order valence-corrected chi connectivity index (χ1v) is 7.11. The minimum absolute atomic E-state index is 0.423. The van der Waals surface area contributed by atoms with Crippen molar-refractivity contribution >= 4 is 0 Å². The molecule has 1 aliphatic heterocycles. The molecule has 1 atom stereocenters. The molecule has 1 aromatic rings. The first-order chi connectivity index (χ1) is 8.86. The smallest absolute Gasteiger partial charge is 0.231 e. The van der Waals surface area contributed by atoms with Gasteiger partial charge in [0.2, 0.25) is 5.89 Å². The summed E-state index contributed by atoms with van der Waals surface area (Å²) < 4.78 is 5.43. The summed E-state index contributed by atoms with van der Waals surface area (Å²) in [5.41, 5.74) is 5.72. The average molecular weight is 250 g/mol. The summed E-state index contributed by atoms with van der Waals surface area (Å²) in [4.78, 5) is 4.62. The van der Waals surface area contributed by atoms with Crippen LogP contribution in [0.3, 0.4) is 0 Å². The van der Waals surface area contributed by atoms with Gasteiger partial charge in [0.1, 0.15) is 0 Å². The summed E-state index contributed by atoms with van der Waals surface area (Å²) in [5.74, 6) is 3.36. The fourth-order valence-corrected chi connectivity index (χ4v) is 3.10. The Morgan fingerprint density at radius 2 is 2.00 bits per heavy atom. The maximum absolute atomic E-state index is 5.72. The van der Waals surface area contributed by atoms with Crippen LogP contribution >= 0.6 is 0 Å². The predicted octanol–water partition coefficient (Wildman–Crippen LogP) is 1.38. The molecule has 100 valence electrons. The highest BCUT2D eigenvalue weighted by Gasteiger charge is 2.28. The van der Waals surface area contributed by atoms with E-state index in [1.54, 1.807) is 0 Å². The van der Waals surface area contributed by atoms with Crippen LogP contribution in [0.4, 0.5) is 0 Å². The number of nitrogens with two attached hydrogens (primary N) is 1. The SMILES string of the molecule is NCC1CCC(c2noc(C3CCNC3)n2)CC1. The molecule has 5 nitrogen and oxygen atoms in total. The molecule has 5 heteroatoms. The Morgan fingerprint density at radius 3 is 2.67 bits per heavy atom. The van der Waals surface area contributed by atoms with Gasteiger partial charge in [-0.25, -0.2) is 0 Å². The molecule has 1 aromatic heterocycles. The molecule has 0 amide bonds. The second-order valence-corrected chi connectivity index (χ2v) is 5.63. The zero-order valence-electron chi connectivity index (χ0n) is 10.8. The van der Waals surface area contributed by atoms with E-state index in [2.05, 4.69) is 15.5 Å². The highest BCUT2D eigenvalue weighted by molar-refractivity contribution is 5.02. The summed E-state index contributed by atoms with van der Waals surface area (Å²) in [6.45, 7) is 2.85. The highest BCUT2D eigenvalue weighted by atomic mass is 16.5. The molecular weight excluding hydrogens is 228 g/mol. The fraction of sp³-hybridized carbons (Fsp3) is 0.846. The maximum Gasteiger partial charge on any atom is 0.231 e. The average Bonchev–Trinajstić information content (AvgIpc) is 3.09. The quantitative estimate of drug-likeness (QED) is 0.847. The predicted molar refractivity (Wildman–Crippen MR) is 68.3 cm³/mol. The first-order valence-electron chi connectivity index (χ1n) is 7.11. The Balaban J connectivity index is 1.62. The molecule has 1 saturated carbocycles. The van der Waals surface area contributed by atoms with Crippen molar-refractivity contribution in [3.05, 3.63) is 11.7 Å². The first kappa shape index (κ1) is 12.1. The number of nitrogens with one attached hydrogen (secondary N) is 1. The van der Waals surface area contributed by atoms with Crippen LogP contribution in [0.25, 0.3) is 0 Å². The molecule has 2 fully saturated rings. The molecule has 2 heterocycles. The molecule has 1 unspecified atom stereocenters. The molecular formula is C13H22N4O. The monoisotopic (exact) mass is 250 g/mol. The van der Waals surface area contributed by atoms with Crippen LogP contribution < -0.4 is 11.1 Å². The van der Waals surface area contributed by atoms with Crippen molar-refractivity contribution in [2.45, 2.75) is 43.9 Å². The van der Waals surface area contributed by atoms with Crippen molar-refractivity contribution in [1.29, 1.82) is 0 Å². The lowest BCUT2D eigenvalue weighted by Gasteiger charge is -2.25. The van der Waals surface area contributed by atoms with Crippen molar-refractivity contribution in [2.24, 2.45) is 11.7 Å². The van der Waals surface area contributed by atoms with Crippen LogP contribution in [0, 0.1) is 5.92 Å². The van der Waals surface area contributed by atoms with Gasteiger partial charge in [0.05, 0.1) is 5.92 Å². The summed E-state index contributed by atoms with van der Waals surface area (Å²) in [6.07, 6.45) is 5.83. The Bertz CT molecular complexity index is 378. The van der Waals surface area contributed by atoms with E-state index in [0.29, 0.717) is 17.8 Å². The zero-order chi connectivity index (χ0) is 12.4. The standard InChI is InChI=1S/C13H22N4O/c14-7-9-1-3-10(4-2-9)12-16-13(18-17-12)11-5-6-15-8-11/h9-11,15H,1-8,14H2. The van der Waals surface area contributed by atoms with E-state index >= 15 is 0 Å². The molecule has 0 spiro atoms. The van der Waals surface area contributed by atoms with Gasteiger partial charge in [-0.05, 0) is 51.1 Å². The second kappa shape index (κ2) is 5.36. The topological polar surface area (TPSA) is 77.0 Å².